The molecule has 0 bridgehead atoms. The number of nitrogens with two attached hydrogens (primary N) is 1. The summed E-state index contributed by atoms with van der Waals surface area (Å²) < 4.78 is 12.4. The predicted molar refractivity (Wildman–Crippen MR) is 82.5 cm³/mol. The van der Waals surface area contributed by atoms with E-state index in [-0.39, 0.29) is 0 Å². The summed E-state index contributed by atoms with van der Waals surface area (Å²) in [6, 6.07) is 5.53. The van der Waals surface area contributed by atoms with Crippen LogP contribution in [0.15, 0.2) is 12.1 Å². The summed E-state index contributed by atoms with van der Waals surface area (Å²) in [5.74, 6) is 1.43. The molecule has 6 heteroatoms. The highest BCUT2D eigenvalue weighted by Gasteiger charge is 2.20. The maximum Gasteiger partial charge on any atom is 0.144 e. The number of hydrogen-bond acceptors (Lipinski definition) is 4. The number of ether oxygens (including phenoxy) is 2. The number of nitriles is 1. The molecule has 5 nitrogen and oxygen atoms in total. The summed E-state index contributed by atoms with van der Waals surface area (Å²) >= 11 is 6.11. The van der Waals surface area contributed by atoms with Crippen molar-refractivity contribution in [2.75, 3.05) is 20.0 Å². The normalized spacial score (nSPS) is 10.3. The standard InChI is InChI=1S/C15H16ClN3O2/c1-8-9(2)19(15(18)10(8)7-17)12-6-13(20-3)11(16)5-14(12)21-4/h5-6H,18H2,1-4H3. The molecule has 2 N–H and O–H groups in total. The van der Waals surface area contributed by atoms with Crippen LogP contribution in [0, 0.1) is 25.2 Å². The molecule has 0 unspecified atom stereocenters. The number of methoxy groups -OCH3 is 2. The third-order valence-electron chi connectivity index (χ3n) is 3.56. The van der Waals surface area contributed by atoms with E-state index in [9.17, 15) is 5.26 Å². The third-order valence-corrected chi connectivity index (χ3v) is 3.85. The van der Waals surface area contributed by atoms with Gasteiger partial charge in [0.25, 0.3) is 0 Å². The zero-order valence-electron chi connectivity index (χ0n) is 12.3. The minimum Gasteiger partial charge on any atom is -0.495 e. The summed E-state index contributed by atoms with van der Waals surface area (Å²) in [6.45, 7) is 3.76. The van der Waals surface area contributed by atoms with E-state index in [0.29, 0.717) is 33.6 Å². The molecule has 0 spiro atoms. The molecule has 0 fully saturated rings. The Labute approximate surface area is 128 Å². The van der Waals surface area contributed by atoms with Crippen LogP contribution in [0.5, 0.6) is 11.5 Å². The van der Waals surface area contributed by atoms with Gasteiger partial charge in [0.15, 0.2) is 0 Å². The van der Waals surface area contributed by atoms with E-state index in [1.807, 2.05) is 13.8 Å². The number of anilines is 1. The minimum atomic E-state index is 0.371. The Bertz CT molecular complexity index is 745. The molecular weight excluding hydrogens is 290 g/mol. The molecule has 2 rings (SSSR count). The van der Waals surface area contributed by atoms with E-state index in [2.05, 4.69) is 6.07 Å². The second-order valence-corrected chi connectivity index (χ2v) is 4.98. The van der Waals surface area contributed by atoms with Gasteiger partial charge in [-0.05, 0) is 19.4 Å². The van der Waals surface area contributed by atoms with Gasteiger partial charge in [-0.3, -0.25) is 4.57 Å². The van der Waals surface area contributed by atoms with Crippen LogP contribution >= 0.6 is 11.6 Å². The van der Waals surface area contributed by atoms with Crippen molar-refractivity contribution in [2.24, 2.45) is 0 Å². The maximum atomic E-state index is 9.23. The molecule has 21 heavy (non-hydrogen) atoms. The van der Waals surface area contributed by atoms with Crippen molar-refractivity contribution >= 4 is 17.4 Å². The molecule has 0 aliphatic rings. The summed E-state index contributed by atoms with van der Waals surface area (Å²) in [5.41, 5.74) is 8.96. The van der Waals surface area contributed by atoms with Crippen molar-refractivity contribution in [1.29, 1.82) is 5.26 Å². The van der Waals surface area contributed by atoms with Crippen LogP contribution in [-0.4, -0.2) is 18.8 Å². The highest BCUT2D eigenvalue weighted by Crippen LogP contribution is 2.38. The van der Waals surface area contributed by atoms with Gasteiger partial charge in [0.05, 0.1) is 30.5 Å². The van der Waals surface area contributed by atoms with E-state index in [1.54, 1.807) is 23.8 Å². The van der Waals surface area contributed by atoms with Crippen molar-refractivity contribution in [1.82, 2.24) is 4.57 Å². The Morgan fingerprint density at radius 1 is 1.19 bits per heavy atom. The molecule has 0 aliphatic carbocycles. The van der Waals surface area contributed by atoms with Gasteiger partial charge in [-0.25, -0.2) is 0 Å². The predicted octanol–water partition coefficient (Wildman–Crippen LogP) is 3.22. The Hall–Kier alpha value is -2.32. The largest absolute Gasteiger partial charge is 0.495 e. The fourth-order valence-electron chi connectivity index (χ4n) is 2.30. The van der Waals surface area contributed by atoms with Gasteiger partial charge < -0.3 is 15.2 Å². The lowest BCUT2D eigenvalue weighted by Gasteiger charge is -2.16. The fourth-order valence-corrected chi connectivity index (χ4v) is 2.53. The number of rotatable bonds is 3. The molecule has 1 heterocycles. The van der Waals surface area contributed by atoms with E-state index < -0.39 is 0 Å². The van der Waals surface area contributed by atoms with E-state index in [4.69, 9.17) is 26.8 Å². The van der Waals surface area contributed by atoms with Gasteiger partial charge in [0, 0.05) is 17.8 Å². The highest BCUT2D eigenvalue weighted by molar-refractivity contribution is 6.32. The summed E-state index contributed by atoms with van der Waals surface area (Å²) in [6.07, 6.45) is 0. The van der Waals surface area contributed by atoms with E-state index in [0.717, 1.165) is 11.3 Å². The Kier molecular flexibility index (Phi) is 4.01. The molecule has 1 aromatic heterocycles. The fraction of sp³-hybridized carbons (Fsp3) is 0.267. The molecule has 1 aromatic carbocycles. The van der Waals surface area contributed by atoms with Crippen molar-refractivity contribution in [2.45, 2.75) is 13.8 Å². The van der Waals surface area contributed by atoms with Gasteiger partial charge in [-0.2, -0.15) is 5.26 Å². The molecule has 0 atom stereocenters. The zero-order valence-corrected chi connectivity index (χ0v) is 13.1. The first-order valence-corrected chi connectivity index (χ1v) is 6.63. The van der Waals surface area contributed by atoms with Gasteiger partial charge in [0.2, 0.25) is 0 Å². The quantitative estimate of drug-likeness (QED) is 0.945. The molecule has 110 valence electrons. The highest BCUT2D eigenvalue weighted by atomic mass is 35.5. The Morgan fingerprint density at radius 2 is 1.81 bits per heavy atom. The first-order chi connectivity index (χ1) is 9.96. The third kappa shape index (κ3) is 2.28. The number of benzene rings is 1. The molecule has 0 radical (unpaired) electrons. The molecular formula is C15H16ClN3O2. The van der Waals surface area contributed by atoms with E-state index >= 15 is 0 Å². The summed E-state index contributed by atoms with van der Waals surface area (Å²) in [7, 11) is 3.09. The van der Waals surface area contributed by atoms with Gasteiger partial charge in [0.1, 0.15) is 23.4 Å². The lowest BCUT2D eigenvalue weighted by atomic mass is 10.2. The van der Waals surface area contributed by atoms with Crippen LogP contribution < -0.4 is 15.2 Å². The average Bonchev–Trinajstić information content (AvgIpc) is 2.69. The van der Waals surface area contributed by atoms with Crippen molar-refractivity contribution in [3.05, 3.63) is 34.0 Å². The summed E-state index contributed by atoms with van der Waals surface area (Å²) in [4.78, 5) is 0. The number of aromatic nitrogens is 1. The smallest absolute Gasteiger partial charge is 0.144 e. The van der Waals surface area contributed by atoms with Crippen LogP contribution in [-0.2, 0) is 0 Å². The zero-order chi connectivity index (χ0) is 15.7. The van der Waals surface area contributed by atoms with Crippen molar-refractivity contribution in [3.63, 3.8) is 0 Å². The van der Waals surface area contributed by atoms with Crippen LogP contribution in [0.2, 0.25) is 5.02 Å². The molecule has 0 aliphatic heterocycles. The lowest BCUT2D eigenvalue weighted by Crippen LogP contribution is -2.05. The topological polar surface area (TPSA) is 73.2 Å². The van der Waals surface area contributed by atoms with Crippen LogP contribution in [0.3, 0.4) is 0 Å². The van der Waals surface area contributed by atoms with E-state index in [1.165, 1.54) is 7.11 Å². The molecule has 2 aromatic rings. The number of halogens is 1. The van der Waals surface area contributed by atoms with Crippen molar-refractivity contribution < 1.29 is 9.47 Å². The molecule has 0 saturated carbocycles. The monoisotopic (exact) mass is 305 g/mol. The summed E-state index contributed by atoms with van der Waals surface area (Å²) in [5, 5.41) is 9.68. The number of nitrogen functional groups attached to an aromatic ring is 1. The van der Waals surface area contributed by atoms with Gasteiger partial charge >= 0.3 is 0 Å². The first-order valence-electron chi connectivity index (χ1n) is 6.25. The Morgan fingerprint density at radius 3 is 2.29 bits per heavy atom. The molecule has 0 saturated heterocycles. The molecule has 0 amide bonds. The average molecular weight is 306 g/mol. The number of nitrogens with zero attached hydrogens (tertiary/aromatic N) is 2. The second-order valence-electron chi connectivity index (χ2n) is 4.58. The lowest BCUT2D eigenvalue weighted by molar-refractivity contribution is 0.401. The number of hydrogen-bond donors (Lipinski definition) is 1. The first kappa shape index (κ1) is 15.1. The van der Waals surface area contributed by atoms with Gasteiger partial charge in [-0.1, -0.05) is 11.6 Å². The SMILES string of the molecule is COc1cc(-n2c(C)c(C)c(C#N)c2N)c(OC)cc1Cl. The minimum absolute atomic E-state index is 0.371. The second kappa shape index (κ2) is 5.58. The van der Waals surface area contributed by atoms with Crippen LogP contribution in [0.4, 0.5) is 5.82 Å². The Balaban J connectivity index is 2.82. The van der Waals surface area contributed by atoms with Crippen LogP contribution in [0.1, 0.15) is 16.8 Å². The van der Waals surface area contributed by atoms with Crippen LogP contribution in [0.25, 0.3) is 5.69 Å². The van der Waals surface area contributed by atoms with Gasteiger partial charge in [-0.15, -0.1) is 0 Å². The maximum absolute atomic E-state index is 9.23. The van der Waals surface area contributed by atoms with Crippen molar-refractivity contribution in [3.8, 4) is 23.3 Å².